The topological polar surface area (TPSA) is 72.5 Å². The molecule has 2 N–H and O–H groups in total. The molecule has 44 heavy (non-hydrogen) atoms. The van der Waals surface area contributed by atoms with E-state index in [4.69, 9.17) is 0 Å². The van der Waals surface area contributed by atoms with Gasteiger partial charge in [0.05, 0.1) is 18.2 Å². The van der Waals surface area contributed by atoms with Crippen molar-refractivity contribution in [3.05, 3.63) is 131 Å². The lowest BCUT2D eigenvalue weighted by atomic mass is 9.90. The first-order chi connectivity index (χ1) is 20.9. The number of rotatable bonds is 13. The summed E-state index contributed by atoms with van der Waals surface area (Å²) in [4.78, 5) is 26.1. The van der Waals surface area contributed by atoms with Gasteiger partial charge in [-0.15, -0.1) is 0 Å². The number of aromatic nitrogens is 2. The van der Waals surface area contributed by atoms with Crippen molar-refractivity contribution in [1.82, 2.24) is 19.8 Å². The molecule has 0 fully saturated rings. The number of aromatic amines is 1. The first kappa shape index (κ1) is 32.7. The lowest BCUT2D eigenvalue weighted by molar-refractivity contribution is 0.0504. The molecule has 0 spiro atoms. The zero-order valence-electron chi connectivity index (χ0n) is 27.2. The van der Waals surface area contributed by atoms with Crippen LogP contribution in [0.1, 0.15) is 86.4 Å². The van der Waals surface area contributed by atoms with Gasteiger partial charge in [0.15, 0.2) is 0 Å². The highest BCUT2D eigenvalue weighted by Gasteiger charge is 2.34. The Bertz CT molecular complexity index is 1520. The van der Waals surface area contributed by atoms with Crippen LogP contribution in [-0.4, -0.2) is 49.0 Å². The molecule has 1 aromatic heterocycles. The molecule has 1 amide bonds. The molecule has 1 heterocycles. The number of carbonyl (C=O) groups is 1. The number of aliphatic hydroxyl groups is 1. The normalized spacial score (nSPS) is 12.5. The number of benzene rings is 3. The van der Waals surface area contributed by atoms with Gasteiger partial charge >= 0.3 is 0 Å². The lowest BCUT2D eigenvalue weighted by Crippen LogP contribution is -2.45. The molecular formula is C38H48N4O2. The predicted molar refractivity (Wildman–Crippen MR) is 180 cm³/mol. The Balaban J connectivity index is 1.55. The summed E-state index contributed by atoms with van der Waals surface area (Å²) in [5.74, 6) is 0.620. The van der Waals surface area contributed by atoms with E-state index in [0.717, 1.165) is 34.5 Å². The monoisotopic (exact) mass is 592 g/mol. The van der Waals surface area contributed by atoms with E-state index in [0.29, 0.717) is 37.2 Å². The molecule has 1 unspecified atom stereocenters. The zero-order chi connectivity index (χ0) is 31.9. The van der Waals surface area contributed by atoms with Crippen molar-refractivity contribution < 1.29 is 9.90 Å². The maximum Gasteiger partial charge on any atom is 0.255 e. The van der Waals surface area contributed by atoms with Crippen molar-refractivity contribution in [3.8, 4) is 0 Å². The highest BCUT2D eigenvalue weighted by Crippen LogP contribution is 2.32. The Hall–Kier alpha value is -4.16. The van der Waals surface area contributed by atoms with E-state index in [9.17, 15) is 9.90 Å². The van der Waals surface area contributed by atoms with Crippen molar-refractivity contribution in [2.75, 3.05) is 6.54 Å². The van der Waals surface area contributed by atoms with Gasteiger partial charge in [0.25, 0.3) is 5.91 Å². The minimum atomic E-state index is -0.615. The van der Waals surface area contributed by atoms with Crippen molar-refractivity contribution in [3.63, 3.8) is 0 Å². The van der Waals surface area contributed by atoms with Crippen LogP contribution in [-0.2, 0) is 24.9 Å². The summed E-state index contributed by atoms with van der Waals surface area (Å²) in [6.45, 7) is 18.5. The number of nitrogens with one attached hydrogen (secondary N) is 1. The van der Waals surface area contributed by atoms with E-state index < -0.39 is 11.6 Å². The Morgan fingerprint density at radius 2 is 1.50 bits per heavy atom. The van der Waals surface area contributed by atoms with Gasteiger partial charge in [-0.25, -0.2) is 4.98 Å². The van der Waals surface area contributed by atoms with Crippen LogP contribution >= 0.6 is 0 Å². The molecule has 4 aromatic rings. The fourth-order valence-electron chi connectivity index (χ4n) is 6.03. The van der Waals surface area contributed by atoms with Crippen LogP contribution in [0, 0.1) is 0 Å². The van der Waals surface area contributed by atoms with Crippen LogP contribution in [0.4, 0.5) is 0 Å². The molecule has 4 rings (SSSR count). The van der Waals surface area contributed by atoms with Crippen molar-refractivity contribution in [2.24, 2.45) is 0 Å². The summed E-state index contributed by atoms with van der Waals surface area (Å²) in [5.41, 5.74) is 5.09. The van der Waals surface area contributed by atoms with Gasteiger partial charge in [-0.3, -0.25) is 4.79 Å². The average molecular weight is 593 g/mol. The zero-order valence-corrected chi connectivity index (χ0v) is 27.2. The van der Waals surface area contributed by atoms with Crippen LogP contribution in [0.25, 0.3) is 5.70 Å². The van der Waals surface area contributed by atoms with E-state index in [1.165, 1.54) is 0 Å². The van der Waals surface area contributed by atoms with Crippen molar-refractivity contribution >= 4 is 11.6 Å². The number of amides is 1. The summed E-state index contributed by atoms with van der Waals surface area (Å²) in [5, 5.41) is 11.3. The number of aliphatic hydroxyl groups excluding tert-OH is 1. The number of hydrogen-bond donors (Lipinski definition) is 2. The van der Waals surface area contributed by atoms with Crippen LogP contribution in [0.2, 0.25) is 0 Å². The van der Waals surface area contributed by atoms with Gasteiger partial charge in [0.2, 0.25) is 0 Å². The molecule has 0 aliphatic rings. The Morgan fingerprint density at radius 1 is 0.886 bits per heavy atom. The molecule has 0 radical (unpaired) electrons. The maximum absolute atomic E-state index is 14.4. The molecule has 6 nitrogen and oxygen atoms in total. The first-order valence-electron chi connectivity index (χ1n) is 15.6. The molecule has 6 heteroatoms. The molecule has 0 saturated heterocycles. The Labute approximate surface area is 263 Å². The van der Waals surface area contributed by atoms with Gasteiger partial charge in [0.1, 0.15) is 5.82 Å². The van der Waals surface area contributed by atoms with Crippen molar-refractivity contribution in [1.29, 1.82) is 0 Å². The number of H-pyrrole nitrogens is 1. The smallest absolute Gasteiger partial charge is 0.255 e. The fraction of sp³-hybridized carbons (Fsp3) is 0.368. The molecule has 232 valence electrons. The average Bonchev–Trinajstić information content (AvgIpc) is 3.52. The molecule has 0 aliphatic carbocycles. The molecule has 3 aromatic carbocycles. The van der Waals surface area contributed by atoms with Gasteiger partial charge in [-0.05, 0) is 83.6 Å². The summed E-state index contributed by atoms with van der Waals surface area (Å²) in [7, 11) is 0. The standard InChI is InChI=1S/C38H48N4O2/c1-8-41(37(3,4)5)28(2)33-20-14-12-16-29(33)22-23-32(43)26-30-17-13-15-21-34(30)36(44)42(27-35-39-24-25-40-35)38(6,7)31-18-10-9-11-19-31/h9-21,24-25,32,43H,2,8,22-23,26-27H2,1,3-7H3,(H,39,40). The molecule has 0 aliphatic heterocycles. The van der Waals surface area contributed by atoms with Gasteiger partial charge < -0.3 is 19.9 Å². The second-order valence-electron chi connectivity index (χ2n) is 12.9. The second-order valence-corrected chi connectivity index (χ2v) is 12.9. The summed E-state index contributed by atoms with van der Waals surface area (Å²) in [6, 6.07) is 26.0. The lowest BCUT2D eigenvalue weighted by Gasteiger charge is -2.39. The van der Waals surface area contributed by atoms with E-state index in [1.54, 1.807) is 12.4 Å². The summed E-state index contributed by atoms with van der Waals surface area (Å²) >= 11 is 0. The minimum absolute atomic E-state index is 0.0470. The molecule has 1 atom stereocenters. The first-order valence-corrected chi connectivity index (χ1v) is 15.6. The van der Waals surface area contributed by atoms with E-state index >= 15 is 0 Å². The third kappa shape index (κ3) is 7.67. The summed E-state index contributed by atoms with van der Waals surface area (Å²) in [6.07, 6.45) is 4.52. The number of hydrogen-bond acceptors (Lipinski definition) is 4. The second kappa shape index (κ2) is 14.1. The van der Waals surface area contributed by atoms with E-state index in [-0.39, 0.29) is 11.4 Å². The summed E-state index contributed by atoms with van der Waals surface area (Å²) < 4.78 is 0. The Kier molecular flexibility index (Phi) is 10.5. The molecule has 0 saturated carbocycles. The third-order valence-electron chi connectivity index (χ3n) is 8.49. The van der Waals surface area contributed by atoms with Gasteiger partial charge in [-0.2, -0.15) is 0 Å². The fourth-order valence-corrected chi connectivity index (χ4v) is 6.03. The van der Waals surface area contributed by atoms with Crippen LogP contribution in [0.3, 0.4) is 0 Å². The largest absolute Gasteiger partial charge is 0.393 e. The van der Waals surface area contributed by atoms with E-state index in [2.05, 4.69) is 75.1 Å². The third-order valence-corrected chi connectivity index (χ3v) is 8.49. The van der Waals surface area contributed by atoms with E-state index in [1.807, 2.05) is 71.6 Å². The van der Waals surface area contributed by atoms with Gasteiger partial charge in [0, 0.05) is 41.3 Å². The van der Waals surface area contributed by atoms with Crippen LogP contribution in [0.15, 0.2) is 97.8 Å². The maximum atomic E-state index is 14.4. The highest BCUT2D eigenvalue weighted by molar-refractivity contribution is 5.96. The van der Waals surface area contributed by atoms with Crippen LogP contribution in [0.5, 0.6) is 0 Å². The molecule has 0 bridgehead atoms. The number of aryl methyl sites for hydroxylation is 1. The van der Waals surface area contributed by atoms with Crippen molar-refractivity contribution in [2.45, 2.75) is 84.5 Å². The Morgan fingerprint density at radius 3 is 2.11 bits per heavy atom. The SMILES string of the molecule is C=C(c1ccccc1CCC(O)Cc1ccccc1C(=O)N(Cc1ncc[nH]1)C(C)(C)c1ccccc1)N(CC)C(C)(C)C. The molecular weight excluding hydrogens is 544 g/mol. The predicted octanol–water partition coefficient (Wildman–Crippen LogP) is 7.61. The number of nitrogens with zero attached hydrogens (tertiary/aromatic N) is 3. The minimum Gasteiger partial charge on any atom is -0.393 e. The van der Waals surface area contributed by atoms with Gasteiger partial charge in [-0.1, -0.05) is 79.4 Å². The number of carbonyl (C=O) groups excluding carboxylic acids is 1. The highest BCUT2D eigenvalue weighted by atomic mass is 16.3. The van der Waals surface area contributed by atoms with Crippen LogP contribution < -0.4 is 0 Å². The number of imidazole rings is 1. The quantitative estimate of drug-likeness (QED) is 0.168.